The number of rotatable bonds is 0. The van der Waals surface area contributed by atoms with E-state index in [1.54, 1.807) is 0 Å². The van der Waals surface area contributed by atoms with Crippen LogP contribution in [0.4, 0.5) is 0 Å². The molecular weight excluding hydrogens is 425 g/mol. The Morgan fingerprint density at radius 2 is 1.25 bits per heavy atom. The third-order valence-corrected chi connectivity index (χ3v) is 9.62. The molecule has 0 fully saturated rings. The first-order chi connectivity index (χ1) is 1.91. The molecule has 0 bridgehead atoms. The second-order valence-electron chi connectivity index (χ2n) is 0.354. The van der Waals surface area contributed by atoms with Gasteiger partial charge in [-0.3, -0.25) is 0 Å². The van der Waals surface area contributed by atoms with E-state index in [9.17, 15) is 0 Å². The van der Waals surface area contributed by atoms with E-state index in [4.69, 9.17) is 0 Å². The molecule has 0 unspecified atom stereocenters. The molecule has 4 heavy (non-hydrogen) atoms. The Bertz CT molecular complexity index is 40.8. The standard InChI is InChI=1S/C2.2Hg/c1-2;;. The predicted molar refractivity (Wildman–Crippen MR) is 7.78 cm³/mol. The molecule has 0 aliphatic heterocycles. The van der Waals surface area contributed by atoms with E-state index in [2.05, 4.69) is 6.86 Å². The van der Waals surface area contributed by atoms with Gasteiger partial charge in [-0.25, -0.2) is 0 Å². The van der Waals surface area contributed by atoms with Crippen LogP contribution in [0.1, 0.15) is 0 Å². The Morgan fingerprint density at radius 3 is 1.25 bits per heavy atom. The van der Waals surface area contributed by atoms with Crippen LogP contribution in [0.3, 0.4) is 0 Å². The van der Waals surface area contributed by atoms with Crippen molar-refractivity contribution < 1.29 is 52.2 Å². The van der Waals surface area contributed by atoms with Crippen LogP contribution in [0.15, 0.2) is 0 Å². The quantitative estimate of drug-likeness (QED) is 0.379. The summed E-state index contributed by atoms with van der Waals surface area (Å²) >= 11 is 1.52. The summed E-state index contributed by atoms with van der Waals surface area (Å²) in [5.74, 6) is 0. The third kappa shape index (κ3) is 3.43. The summed E-state index contributed by atoms with van der Waals surface area (Å²) in [6.07, 6.45) is 0. The van der Waals surface area contributed by atoms with Crippen LogP contribution in [0.25, 0.3) is 0 Å². The van der Waals surface area contributed by atoms with Crippen LogP contribution >= 0.6 is 0 Å². The van der Waals surface area contributed by atoms with Crippen LogP contribution in [-0.4, -0.2) is 0 Å². The Balaban J connectivity index is 2.83. The van der Waals surface area contributed by atoms with Crippen LogP contribution in [0.5, 0.6) is 0 Å². The molecule has 0 N–H and O–H groups in total. The van der Waals surface area contributed by atoms with Gasteiger partial charge >= 0.3 is 59.1 Å². The second kappa shape index (κ2) is 4.43. The van der Waals surface area contributed by atoms with Crippen molar-refractivity contribution in [2.75, 3.05) is 0 Å². The fraction of sp³-hybridized carbons (Fsp3) is 0. The van der Waals surface area contributed by atoms with E-state index in [0.717, 1.165) is 52.2 Å². The van der Waals surface area contributed by atoms with Gasteiger partial charge in [-0.05, 0) is 0 Å². The van der Waals surface area contributed by atoms with Gasteiger partial charge in [-0.1, -0.05) is 0 Å². The molecule has 0 nitrogen and oxygen atoms in total. The average Bonchev–Trinajstić information content (AvgIpc) is 1.37. The van der Waals surface area contributed by atoms with Gasteiger partial charge in [-0.2, -0.15) is 0 Å². The van der Waals surface area contributed by atoms with E-state index < -0.39 is 0 Å². The van der Waals surface area contributed by atoms with Crippen molar-refractivity contribution in [2.24, 2.45) is 0 Å². The molecule has 0 saturated carbocycles. The zero-order valence-electron chi connectivity index (χ0n) is 2.41. The van der Waals surface area contributed by atoms with Crippen molar-refractivity contribution in [2.45, 2.75) is 0 Å². The Labute approximate surface area is 58.3 Å². The Morgan fingerprint density at radius 1 is 1.00 bits per heavy atom. The molecule has 2 heteroatoms. The van der Waals surface area contributed by atoms with Crippen LogP contribution in [0, 0.1) is 6.86 Å². The fourth-order valence-corrected chi connectivity index (χ4v) is 0. The van der Waals surface area contributed by atoms with Gasteiger partial charge in [0.2, 0.25) is 0 Å². The maximum absolute atomic E-state index is 2.96. The molecule has 0 spiro atoms. The van der Waals surface area contributed by atoms with Gasteiger partial charge in [0.15, 0.2) is 0 Å². The molecule has 0 aromatic rings. The summed E-state index contributed by atoms with van der Waals surface area (Å²) in [5.41, 5.74) is 0. The molecule has 0 aromatic carbocycles. The Hall–Kier alpha value is 1.43. The molecule has 12 valence electrons. The topological polar surface area (TPSA) is 0 Å². The van der Waals surface area contributed by atoms with Crippen LogP contribution < -0.4 is 0 Å². The summed E-state index contributed by atoms with van der Waals surface area (Å²) in [5, 5.41) is 0. The fourth-order valence-electron chi connectivity index (χ4n) is 0. The zero-order chi connectivity index (χ0) is 3.41. The molecule has 0 heterocycles. The van der Waals surface area contributed by atoms with Crippen molar-refractivity contribution in [1.82, 2.24) is 0 Å². The van der Waals surface area contributed by atoms with Gasteiger partial charge in [-0.15, -0.1) is 0 Å². The Kier molecular flexibility index (Phi) is 6.01. The van der Waals surface area contributed by atoms with E-state index in [1.807, 2.05) is 0 Å². The third-order valence-electron chi connectivity index (χ3n) is 0.125. The van der Waals surface area contributed by atoms with Crippen LogP contribution in [-0.2, 0) is 52.2 Å². The molecule has 0 atom stereocenters. The number of hydrogen-bond donors (Lipinski definition) is 0. The molecule has 0 radical (unpaired) electrons. The molecule has 0 amide bonds. The zero-order valence-corrected chi connectivity index (χ0v) is 13.4. The summed E-state index contributed by atoms with van der Waals surface area (Å²) < 4.78 is 5.92. The minimum absolute atomic E-state index is 0.761. The van der Waals surface area contributed by atoms with Gasteiger partial charge < -0.3 is 0 Å². The van der Waals surface area contributed by atoms with E-state index in [1.165, 1.54) is 0 Å². The van der Waals surface area contributed by atoms with Crippen molar-refractivity contribution >= 4 is 0 Å². The first-order valence-electron chi connectivity index (χ1n) is 0.957. The summed E-state index contributed by atoms with van der Waals surface area (Å²) in [7, 11) is 0. The average molecular weight is 425 g/mol. The van der Waals surface area contributed by atoms with Gasteiger partial charge in [0.1, 0.15) is 0 Å². The van der Waals surface area contributed by atoms with Crippen molar-refractivity contribution in [1.29, 1.82) is 0 Å². The summed E-state index contributed by atoms with van der Waals surface area (Å²) in [4.78, 5) is 0. The van der Waals surface area contributed by atoms with E-state index in [0.29, 0.717) is 0 Å². The minimum atomic E-state index is 0.761. The first-order valence-corrected chi connectivity index (χ1v) is 6.45. The van der Waals surface area contributed by atoms with Gasteiger partial charge in [0.25, 0.3) is 0 Å². The summed E-state index contributed by atoms with van der Waals surface area (Å²) in [6, 6.07) is 0. The van der Waals surface area contributed by atoms with Crippen molar-refractivity contribution in [3.63, 3.8) is 0 Å². The molecule has 0 aliphatic carbocycles. The molecular formula is C2Hg2. The monoisotopic (exact) mass is 428 g/mol. The van der Waals surface area contributed by atoms with E-state index >= 15 is 0 Å². The van der Waals surface area contributed by atoms with Crippen molar-refractivity contribution in [3.8, 4) is 6.86 Å². The maximum atomic E-state index is 2.96. The predicted octanol–water partition coefficient (Wildman–Crippen LogP) is -0.00160. The summed E-state index contributed by atoms with van der Waals surface area (Å²) in [6.45, 7) is 0. The molecule has 0 aromatic heterocycles. The number of hydrogen-bond acceptors (Lipinski definition) is 0. The van der Waals surface area contributed by atoms with E-state index in [-0.39, 0.29) is 0 Å². The molecule has 0 rings (SSSR count). The normalized spacial score (nSPS) is 4.00. The SMILES string of the molecule is [Hg][C]#[C][Hg]. The van der Waals surface area contributed by atoms with Gasteiger partial charge in [0.05, 0.1) is 0 Å². The van der Waals surface area contributed by atoms with Crippen molar-refractivity contribution in [3.05, 3.63) is 0 Å². The molecule has 0 saturated heterocycles. The van der Waals surface area contributed by atoms with Crippen LogP contribution in [0.2, 0.25) is 0 Å². The first kappa shape index (κ1) is 5.43. The second-order valence-corrected chi connectivity index (χ2v) is 3.10. The van der Waals surface area contributed by atoms with Gasteiger partial charge in [0, 0.05) is 0 Å². The molecule has 0 aliphatic rings.